The minimum atomic E-state index is -4.20. The van der Waals surface area contributed by atoms with Gasteiger partial charge in [0.25, 0.3) is 10.0 Å². The predicted octanol–water partition coefficient (Wildman–Crippen LogP) is 4.91. The monoisotopic (exact) mass is 645 g/mol. The molecule has 0 saturated carbocycles. The van der Waals surface area contributed by atoms with Gasteiger partial charge in [-0.1, -0.05) is 36.8 Å². The summed E-state index contributed by atoms with van der Waals surface area (Å²) < 4.78 is 40.0. The first-order chi connectivity index (χ1) is 19.5. The van der Waals surface area contributed by atoms with Crippen LogP contribution in [0.1, 0.15) is 31.4 Å². The second-order valence-electron chi connectivity index (χ2n) is 9.48. The van der Waals surface area contributed by atoms with Gasteiger partial charge in [0.05, 0.1) is 29.3 Å². The van der Waals surface area contributed by atoms with E-state index in [1.54, 1.807) is 68.6 Å². The van der Waals surface area contributed by atoms with Gasteiger partial charge >= 0.3 is 0 Å². The normalized spacial score (nSPS) is 11.9. The van der Waals surface area contributed by atoms with Gasteiger partial charge in [-0.05, 0) is 84.2 Å². The van der Waals surface area contributed by atoms with Crippen molar-refractivity contribution < 1.29 is 27.5 Å². The van der Waals surface area contributed by atoms with E-state index in [1.807, 2.05) is 13.8 Å². The molecule has 11 heteroatoms. The van der Waals surface area contributed by atoms with Crippen molar-refractivity contribution in [3.8, 4) is 11.5 Å². The standard InChI is InChI=1S/C30H36BrN3O6S/c1-6-17-32-30(36)22(3)33(19-23-9-13-25(39-4)14-10-23)29(35)20-34(24-11-7-21(2)8-12-24)41(37,38)26-15-16-28(40-5)27(31)18-26/h7-16,18,22H,6,17,19-20H2,1-5H3,(H,32,36)/t22-/m1/s1. The van der Waals surface area contributed by atoms with Gasteiger partial charge < -0.3 is 19.7 Å². The Bertz CT molecular complexity index is 1450. The Hall–Kier alpha value is -3.57. The van der Waals surface area contributed by atoms with E-state index in [1.165, 1.54) is 24.1 Å². The zero-order valence-electron chi connectivity index (χ0n) is 23.9. The summed E-state index contributed by atoms with van der Waals surface area (Å²) in [5, 5.41) is 2.83. The number of nitrogens with one attached hydrogen (secondary N) is 1. The highest BCUT2D eigenvalue weighted by molar-refractivity contribution is 9.10. The van der Waals surface area contributed by atoms with E-state index in [9.17, 15) is 18.0 Å². The third kappa shape index (κ3) is 8.01. The van der Waals surface area contributed by atoms with E-state index in [0.717, 1.165) is 21.9 Å². The minimum Gasteiger partial charge on any atom is -0.497 e. The largest absolute Gasteiger partial charge is 0.497 e. The van der Waals surface area contributed by atoms with Crippen molar-refractivity contribution in [1.82, 2.24) is 10.2 Å². The van der Waals surface area contributed by atoms with Gasteiger partial charge in [0, 0.05) is 13.1 Å². The first kappa shape index (κ1) is 32.0. The maximum atomic E-state index is 14.0. The van der Waals surface area contributed by atoms with E-state index < -0.39 is 28.5 Å². The zero-order valence-corrected chi connectivity index (χ0v) is 26.3. The maximum absolute atomic E-state index is 14.0. The number of hydrogen-bond acceptors (Lipinski definition) is 6. The molecule has 41 heavy (non-hydrogen) atoms. The lowest BCUT2D eigenvalue weighted by molar-refractivity contribution is -0.139. The molecule has 3 rings (SSSR count). The first-order valence-electron chi connectivity index (χ1n) is 13.1. The summed E-state index contributed by atoms with van der Waals surface area (Å²) in [4.78, 5) is 28.3. The van der Waals surface area contributed by atoms with E-state index in [0.29, 0.717) is 28.2 Å². The predicted molar refractivity (Wildman–Crippen MR) is 163 cm³/mol. The van der Waals surface area contributed by atoms with Crippen molar-refractivity contribution in [2.24, 2.45) is 0 Å². The Labute approximate surface area is 250 Å². The van der Waals surface area contributed by atoms with Crippen molar-refractivity contribution >= 4 is 43.5 Å². The van der Waals surface area contributed by atoms with Crippen LogP contribution in [0.4, 0.5) is 5.69 Å². The van der Waals surface area contributed by atoms with Gasteiger partial charge in [-0.2, -0.15) is 0 Å². The SMILES string of the molecule is CCCNC(=O)[C@@H](C)N(Cc1ccc(OC)cc1)C(=O)CN(c1ccc(C)cc1)S(=O)(=O)c1ccc(OC)c(Br)c1. The summed E-state index contributed by atoms with van der Waals surface area (Å²) >= 11 is 3.36. The lowest BCUT2D eigenvalue weighted by Crippen LogP contribution is -2.51. The van der Waals surface area contributed by atoms with Crippen LogP contribution in [0.3, 0.4) is 0 Å². The topological polar surface area (TPSA) is 105 Å². The number of carbonyl (C=O) groups excluding carboxylic acids is 2. The molecule has 3 aromatic rings. The number of hydrogen-bond donors (Lipinski definition) is 1. The van der Waals surface area contributed by atoms with Crippen molar-refractivity contribution in [1.29, 1.82) is 0 Å². The second kappa shape index (κ2) is 14.4. The lowest BCUT2D eigenvalue weighted by atomic mass is 10.1. The lowest BCUT2D eigenvalue weighted by Gasteiger charge is -2.32. The Morgan fingerprint density at radius 2 is 1.63 bits per heavy atom. The van der Waals surface area contributed by atoms with Gasteiger partial charge in [0.2, 0.25) is 11.8 Å². The average molecular weight is 647 g/mol. The van der Waals surface area contributed by atoms with Gasteiger partial charge in [-0.3, -0.25) is 13.9 Å². The van der Waals surface area contributed by atoms with Gasteiger partial charge in [0.15, 0.2) is 0 Å². The van der Waals surface area contributed by atoms with Crippen LogP contribution in [-0.4, -0.2) is 58.5 Å². The fraction of sp³-hybridized carbons (Fsp3) is 0.333. The second-order valence-corrected chi connectivity index (χ2v) is 12.2. The number of methoxy groups -OCH3 is 2. The molecule has 0 bridgehead atoms. The third-order valence-corrected chi connectivity index (χ3v) is 8.93. The van der Waals surface area contributed by atoms with Crippen LogP contribution < -0.4 is 19.1 Å². The molecule has 0 fully saturated rings. The number of halogens is 1. The molecule has 220 valence electrons. The van der Waals surface area contributed by atoms with Gasteiger partial charge in [-0.15, -0.1) is 0 Å². The van der Waals surface area contributed by atoms with Crippen molar-refractivity contribution in [3.05, 3.63) is 82.3 Å². The van der Waals surface area contributed by atoms with Gasteiger partial charge in [-0.25, -0.2) is 8.42 Å². The van der Waals surface area contributed by atoms with Crippen LogP contribution in [0.5, 0.6) is 11.5 Å². The van der Waals surface area contributed by atoms with Crippen LogP contribution in [0, 0.1) is 6.92 Å². The van der Waals surface area contributed by atoms with Crippen molar-refractivity contribution in [3.63, 3.8) is 0 Å². The molecule has 0 spiro atoms. The Morgan fingerprint density at radius 3 is 2.20 bits per heavy atom. The van der Waals surface area contributed by atoms with Crippen LogP contribution in [0.2, 0.25) is 0 Å². The highest BCUT2D eigenvalue weighted by atomic mass is 79.9. The molecule has 0 heterocycles. The zero-order chi connectivity index (χ0) is 30.2. The molecule has 0 aliphatic carbocycles. The number of rotatable bonds is 13. The third-order valence-electron chi connectivity index (χ3n) is 6.54. The highest BCUT2D eigenvalue weighted by Gasteiger charge is 2.32. The molecule has 3 aromatic carbocycles. The molecule has 0 aliphatic heterocycles. The molecule has 0 aliphatic rings. The Kier molecular flexibility index (Phi) is 11.2. The summed E-state index contributed by atoms with van der Waals surface area (Å²) in [7, 11) is -1.15. The average Bonchev–Trinajstić information content (AvgIpc) is 2.97. The smallest absolute Gasteiger partial charge is 0.264 e. The minimum absolute atomic E-state index is 0.0195. The number of benzene rings is 3. The Morgan fingerprint density at radius 1 is 0.976 bits per heavy atom. The number of amides is 2. The van der Waals surface area contributed by atoms with Crippen LogP contribution in [0.25, 0.3) is 0 Å². The molecule has 1 N–H and O–H groups in total. The van der Waals surface area contributed by atoms with E-state index in [2.05, 4.69) is 21.2 Å². The Balaban J connectivity index is 2.03. The molecular formula is C30H36BrN3O6S. The number of sulfonamides is 1. The summed E-state index contributed by atoms with van der Waals surface area (Å²) in [5.74, 6) is 0.274. The van der Waals surface area contributed by atoms with Crippen LogP contribution in [-0.2, 0) is 26.2 Å². The molecule has 9 nitrogen and oxygen atoms in total. The first-order valence-corrected chi connectivity index (χ1v) is 15.4. The number of carbonyl (C=O) groups is 2. The fourth-order valence-corrected chi connectivity index (χ4v) is 6.21. The number of anilines is 1. The van der Waals surface area contributed by atoms with E-state index in [4.69, 9.17) is 9.47 Å². The number of aryl methyl sites for hydroxylation is 1. The van der Waals surface area contributed by atoms with Crippen LogP contribution >= 0.6 is 15.9 Å². The molecule has 0 aromatic heterocycles. The molecule has 1 atom stereocenters. The molecular weight excluding hydrogens is 610 g/mol. The fourth-order valence-electron chi connectivity index (χ4n) is 4.08. The molecule has 0 saturated heterocycles. The summed E-state index contributed by atoms with van der Waals surface area (Å²) in [6, 6.07) is 17.6. The summed E-state index contributed by atoms with van der Waals surface area (Å²) in [5.41, 5.74) is 2.02. The molecule has 2 amide bonds. The summed E-state index contributed by atoms with van der Waals surface area (Å²) in [6.45, 7) is 5.51. The van der Waals surface area contributed by atoms with Crippen LogP contribution in [0.15, 0.2) is 76.1 Å². The summed E-state index contributed by atoms with van der Waals surface area (Å²) in [6.07, 6.45) is 0.738. The number of ether oxygens (including phenoxy) is 2. The van der Waals surface area contributed by atoms with E-state index in [-0.39, 0.29) is 17.3 Å². The highest BCUT2D eigenvalue weighted by Crippen LogP contribution is 2.31. The molecule has 0 radical (unpaired) electrons. The van der Waals surface area contributed by atoms with Gasteiger partial charge in [0.1, 0.15) is 24.1 Å². The number of nitrogens with zero attached hydrogens (tertiary/aromatic N) is 2. The quantitative estimate of drug-likeness (QED) is 0.283. The van der Waals surface area contributed by atoms with E-state index >= 15 is 0 Å². The van der Waals surface area contributed by atoms with Crippen molar-refractivity contribution in [2.75, 3.05) is 31.6 Å². The molecule has 0 unspecified atom stereocenters. The maximum Gasteiger partial charge on any atom is 0.264 e. The van der Waals surface area contributed by atoms with Crippen molar-refractivity contribution in [2.45, 2.75) is 44.7 Å².